The standard InChI is InChI=1S/C8H8BrN3O/c1-12-7(13)4-10-6-2-5(9)3-11-8(6)12/h2-3,10H,4H2,1H3. The van der Waals surface area contributed by atoms with Crippen LogP contribution >= 0.6 is 15.9 Å². The van der Waals surface area contributed by atoms with Gasteiger partial charge in [0.25, 0.3) is 0 Å². The van der Waals surface area contributed by atoms with E-state index in [-0.39, 0.29) is 5.91 Å². The second-order valence-corrected chi connectivity index (χ2v) is 3.75. The van der Waals surface area contributed by atoms with E-state index in [0.29, 0.717) is 12.4 Å². The van der Waals surface area contributed by atoms with E-state index in [0.717, 1.165) is 10.2 Å². The number of fused-ring (bicyclic) bond motifs is 1. The number of halogens is 1. The summed E-state index contributed by atoms with van der Waals surface area (Å²) in [4.78, 5) is 17.0. The minimum atomic E-state index is 0.0299. The van der Waals surface area contributed by atoms with Gasteiger partial charge in [-0.2, -0.15) is 0 Å². The molecule has 0 aliphatic carbocycles. The van der Waals surface area contributed by atoms with Gasteiger partial charge in [0.05, 0.1) is 12.2 Å². The molecule has 2 rings (SSSR count). The summed E-state index contributed by atoms with van der Waals surface area (Å²) < 4.78 is 0.904. The molecule has 0 unspecified atom stereocenters. The van der Waals surface area contributed by atoms with Crippen molar-refractivity contribution in [2.75, 3.05) is 23.8 Å². The first-order valence-electron chi connectivity index (χ1n) is 3.84. The van der Waals surface area contributed by atoms with Crippen molar-refractivity contribution in [3.63, 3.8) is 0 Å². The summed E-state index contributed by atoms with van der Waals surface area (Å²) in [7, 11) is 1.73. The number of carbonyl (C=O) groups excluding carboxylic acids is 1. The lowest BCUT2D eigenvalue weighted by molar-refractivity contribution is -0.116. The molecule has 1 amide bonds. The van der Waals surface area contributed by atoms with Crippen LogP contribution in [0, 0.1) is 0 Å². The Hall–Kier alpha value is -1.10. The molecule has 0 saturated carbocycles. The Labute approximate surface area is 84.1 Å². The predicted molar refractivity (Wildman–Crippen MR) is 53.8 cm³/mol. The summed E-state index contributed by atoms with van der Waals surface area (Å²) in [6.45, 7) is 0.335. The summed E-state index contributed by atoms with van der Waals surface area (Å²) >= 11 is 3.32. The Balaban J connectivity index is 2.49. The SMILES string of the molecule is CN1C(=O)CNc2cc(Br)cnc21. The number of nitrogens with zero attached hydrogens (tertiary/aromatic N) is 2. The molecular formula is C8H8BrN3O. The lowest BCUT2D eigenvalue weighted by Crippen LogP contribution is -2.37. The van der Waals surface area contributed by atoms with Crippen LogP contribution in [0.3, 0.4) is 0 Å². The van der Waals surface area contributed by atoms with Gasteiger partial charge in [-0.05, 0) is 22.0 Å². The Bertz CT molecular complexity index is 366. The second kappa shape index (κ2) is 2.99. The van der Waals surface area contributed by atoms with Gasteiger partial charge < -0.3 is 5.32 Å². The smallest absolute Gasteiger partial charge is 0.247 e. The second-order valence-electron chi connectivity index (χ2n) is 2.83. The number of hydrogen-bond acceptors (Lipinski definition) is 3. The van der Waals surface area contributed by atoms with Gasteiger partial charge in [-0.1, -0.05) is 0 Å². The molecular weight excluding hydrogens is 234 g/mol. The van der Waals surface area contributed by atoms with E-state index in [1.165, 1.54) is 0 Å². The van der Waals surface area contributed by atoms with Gasteiger partial charge in [-0.3, -0.25) is 9.69 Å². The summed E-state index contributed by atoms with van der Waals surface area (Å²) in [6.07, 6.45) is 1.68. The fourth-order valence-electron chi connectivity index (χ4n) is 1.24. The van der Waals surface area contributed by atoms with Crippen molar-refractivity contribution < 1.29 is 4.79 Å². The van der Waals surface area contributed by atoms with Crippen molar-refractivity contribution in [3.8, 4) is 0 Å². The summed E-state index contributed by atoms with van der Waals surface area (Å²) in [5.74, 6) is 0.710. The van der Waals surface area contributed by atoms with Crippen LogP contribution < -0.4 is 10.2 Å². The van der Waals surface area contributed by atoms with Crippen LogP contribution in [0.1, 0.15) is 0 Å². The molecule has 0 atom stereocenters. The Morgan fingerprint density at radius 2 is 2.46 bits per heavy atom. The first-order chi connectivity index (χ1) is 6.18. The minimum Gasteiger partial charge on any atom is -0.373 e. The van der Waals surface area contributed by atoms with Crippen LogP contribution in [0.2, 0.25) is 0 Å². The van der Waals surface area contributed by atoms with Gasteiger partial charge in [0.15, 0.2) is 5.82 Å². The summed E-state index contributed by atoms with van der Waals surface area (Å²) in [6, 6.07) is 1.91. The van der Waals surface area contributed by atoms with E-state index in [2.05, 4.69) is 26.2 Å². The quantitative estimate of drug-likeness (QED) is 0.744. The molecule has 0 bridgehead atoms. The molecule has 0 radical (unpaired) electrons. The molecule has 0 saturated heterocycles. The molecule has 1 N–H and O–H groups in total. The third-order valence-corrected chi connectivity index (χ3v) is 2.39. The maximum atomic E-state index is 11.3. The van der Waals surface area contributed by atoms with Crippen LogP contribution in [-0.4, -0.2) is 24.5 Å². The van der Waals surface area contributed by atoms with Crippen molar-refractivity contribution in [1.82, 2.24) is 4.98 Å². The summed E-state index contributed by atoms with van der Waals surface area (Å²) in [5, 5.41) is 3.00. The largest absolute Gasteiger partial charge is 0.373 e. The van der Waals surface area contributed by atoms with E-state index >= 15 is 0 Å². The minimum absolute atomic E-state index is 0.0299. The van der Waals surface area contributed by atoms with E-state index in [9.17, 15) is 4.79 Å². The third kappa shape index (κ3) is 1.39. The zero-order valence-corrected chi connectivity index (χ0v) is 8.63. The number of nitrogens with one attached hydrogen (secondary N) is 1. The highest BCUT2D eigenvalue weighted by Gasteiger charge is 2.21. The topological polar surface area (TPSA) is 45.2 Å². The maximum absolute atomic E-state index is 11.3. The maximum Gasteiger partial charge on any atom is 0.247 e. The molecule has 1 aliphatic rings. The monoisotopic (exact) mass is 241 g/mol. The van der Waals surface area contributed by atoms with E-state index in [4.69, 9.17) is 0 Å². The average Bonchev–Trinajstić information content (AvgIpc) is 2.12. The fraction of sp³-hybridized carbons (Fsp3) is 0.250. The van der Waals surface area contributed by atoms with E-state index in [1.807, 2.05) is 6.07 Å². The zero-order valence-electron chi connectivity index (χ0n) is 7.04. The lowest BCUT2D eigenvalue weighted by Gasteiger charge is -2.25. The molecule has 1 aliphatic heterocycles. The molecule has 0 spiro atoms. The van der Waals surface area contributed by atoms with Crippen LogP contribution in [0.5, 0.6) is 0 Å². The molecule has 1 aromatic rings. The van der Waals surface area contributed by atoms with Crippen LogP contribution in [0.25, 0.3) is 0 Å². The number of pyridine rings is 1. The Kier molecular flexibility index (Phi) is 1.95. The van der Waals surface area contributed by atoms with E-state index in [1.54, 1.807) is 18.1 Å². The van der Waals surface area contributed by atoms with Gasteiger partial charge in [0, 0.05) is 17.7 Å². The van der Waals surface area contributed by atoms with Crippen LogP contribution in [0.15, 0.2) is 16.7 Å². The number of aromatic nitrogens is 1. The molecule has 5 heteroatoms. The number of likely N-dealkylation sites (N-methyl/N-ethyl adjacent to an activating group) is 1. The van der Waals surface area contributed by atoms with Crippen molar-refractivity contribution in [2.24, 2.45) is 0 Å². The number of amides is 1. The van der Waals surface area contributed by atoms with Gasteiger partial charge in [0.2, 0.25) is 5.91 Å². The van der Waals surface area contributed by atoms with Crippen molar-refractivity contribution in [1.29, 1.82) is 0 Å². The molecule has 0 aromatic carbocycles. The molecule has 4 nitrogen and oxygen atoms in total. The molecule has 13 heavy (non-hydrogen) atoms. The van der Waals surface area contributed by atoms with E-state index < -0.39 is 0 Å². The highest BCUT2D eigenvalue weighted by molar-refractivity contribution is 9.10. The third-order valence-electron chi connectivity index (χ3n) is 1.96. The molecule has 68 valence electrons. The lowest BCUT2D eigenvalue weighted by atomic mass is 10.3. The Morgan fingerprint density at radius 3 is 3.23 bits per heavy atom. The predicted octanol–water partition coefficient (Wildman–Crippen LogP) is 1.23. The first kappa shape index (κ1) is 8.50. The number of rotatable bonds is 0. The average molecular weight is 242 g/mol. The molecule has 0 fully saturated rings. The van der Waals surface area contributed by atoms with Gasteiger partial charge in [-0.15, -0.1) is 0 Å². The van der Waals surface area contributed by atoms with Crippen molar-refractivity contribution in [3.05, 3.63) is 16.7 Å². The van der Waals surface area contributed by atoms with Crippen molar-refractivity contribution >= 4 is 33.3 Å². The summed E-state index contributed by atoms with van der Waals surface area (Å²) in [5.41, 5.74) is 0.886. The van der Waals surface area contributed by atoms with Gasteiger partial charge >= 0.3 is 0 Å². The number of carbonyl (C=O) groups is 1. The van der Waals surface area contributed by atoms with Gasteiger partial charge in [0.1, 0.15) is 0 Å². The fourth-order valence-corrected chi connectivity index (χ4v) is 1.57. The highest BCUT2D eigenvalue weighted by atomic mass is 79.9. The van der Waals surface area contributed by atoms with Gasteiger partial charge in [-0.25, -0.2) is 4.98 Å². The first-order valence-corrected chi connectivity index (χ1v) is 4.64. The van der Waals surface area contributed by atoms with Crippen LogP contribution in [-0.2, 0) is 4.79 Å². The highest BCUT2D eigenvalue weighted by Crippen LogP contribution is 2.28. The normalized spacial score (nSPS) is 15.2. The number of hydrogen-bond donors (Lipinski definition) is 1. The Morgan fingerprint density at radius 1 is 1.69 bits per heavy atom. The zero-order chi connectivity index (χ0) is 9.42. The molecule has 1 aromatic heterocycles. The van der Waals surface area contributed by atoms with Crippen molar-refractivity contribution in [2.45, 2.75) is 0 Å². The molecule has 2 heterocycles. The number of anilines is 2. The van der Waals surface area contributed by atoms with Crippen LogP contribution in [0.4, 0.5) is 11.5 Å².